The van der Waals surface area contributed by atoms with Crippen molar-refractivity contribution in [2.75, 3.05) is 13.1 Å². The second-order valence-electron chi connectivity index (χ2n) is 4.98. The van der Waals surface area contributed by atoms with Crippen molar-refractivity contribution in [2.45, 2.75) is 18.9 Å². The molecule has 19 heavy (non-hydrogen) atoms. The molecule has 0 radical (unpaired) electrons. The smallest absolute Gasteiger partial charge is 0.246 e. The Bertz CT molecular complexity index is 526. The predicted octanol–water partition coefficient (Wildman–Crippen LogP) is 2.99. The first-order valence-electron chi connectivity index (χ1n) is 6.02. The molecule has 0 bridgehead atoms. The number of likely N-dealkylation sites (tertiary alicyclic amines) is 1. The second kappa shape index (κ2) is 5.53. The fraction of sp³-hybridized carbons (Fsp3) is 0.357. The summed E-state index contributed by atoms with van der Waals surface area (Å²) < 4.78 is 0. The Morgan fingerprint density at radius 3 is 2.84 bits per heavy atom. The van der Waals surface area contributed by atoms with Crippen LogP contribution in [0.1, 0.15) is 18.9 Å². The van der Waals surface area contributed by atoms with E-state index < -0.39 is 5.60 Å². The summed E-state index contributed by atoms with van der Waals surface area (Å²) >= 11 is 11.9. The molecular formula is C14H15Cl2NO2. The second-order valence-corrected chi connectivity index (χ2v) is 5.77. The van der Waals surface area contributed by atoms with Crippen molar-refractivity contribution in [3.8, 4) is 0 Å². The first-order chi connectivity index (χ1) is 8.89. The van der Waals surface area contributed by atoms with E-state index in [0.717, 1.165) is 0 Å². The summed E-state index contributed by atoms with van der Waals surface area (Å²) in [5, 5.41) is 10.7. The minimum absolute atomic E-state index is 0.131. The Hall–Kier alpha value is -1.03. The Morgan fingerprint density at radius 2 is 2.21 bits per heavy atom. The third-order valence-electron chi connectivity index (χ3n) is 3.15. The molecule has 1 aliphatic heterocycles. The Kier molecular flexibility index (Phi) is 4.19. The van der Waals surface area contributed by atoms with Gasteiger partial charge in [-0.1, -0.05) is 35.3 Å². The number of rotatable bonds is 2. The lowest BCUT2D eigenvalue weighted by Gasteiger charge is -2.17. The average molecular weight is 300 g/mol. The van der Waals surface area contributed by atoms with Gasteiger partial charge in [0.05, 0.1) is 15.6 Å². The number of hydrogen-bond donors (Lipinski definition) is 1. The number of amides is 1. The highest BCUT2D eigenvalue weighted by atomic mass is 35.5. The van der Waals surface area contributed by atoms with Gasteiger partial charge >= 0.3 is 0 Å². The summed E-state index contributed by atoms with van der Waals surface area (Å²) in [5.41, 5.74) is -0.0783. The molecule has 1 amide bonds. The van der Waals surface area contributed by atoms with Gasteiger partial charge in [-0.05, 0) is 31.1 Å². The van der Waals surface area contributed by atoms with Gasteiger partial charge in [-0.2, -0.15) is 0 Å². The van der Waals surface area contributed by atoms with E-state index in [-0.39, 0.29) is 5.91 Å². The topological polar surface area (TPSA) is 40.5 Å². The molecule has 0 aliphatic carbocycles. The van der Waals surface area contributed by atoms with Crippen LogP contribution in [0.2, 0.25) is 10.0 Å². The maximum Gasteiger partial charge on any atom is 0.246 e. The van der Waals surface area contributed by atoms with Crippen LogP contribution in [-0.2, 0) is 4.79 Å². The molecule has 0 saturated carbocycles. The monoisotopic (exact) mass is 299 g/mol. The number of halogens is 2. The number of carbonyl (C=O) groups excluding carboxylic acids is 1. The van der Waals surface area contributed by atoms with E-state index in [4.69, 9.17) is 23.2 Å². The number of aliphatic hydroxyl groups is 1. The molecule has 0 spiro atoms. The predicted molar refractivity (Wildman–Crippen MR) is 77.3 cm³/mol. The van der Waals surface area contributed by atoms with Crippen molar-refractivity contribution in [3.63, 3.8) is 0 Å². The molecule has 2 rings (SSSR count). The van der Waals surface area contributed by atoms with E-state index in [0.29, 0.717) is 35.1 Å². The van der Waals surface area contributed by atoms with Gasteiger partial charge in [0.1, 0.15) is 0 Å². The molecule has 1 heterocycles. The zero-order valence-corrected chi connectivity index (χ0v) is 12.1. The Morgan fingerprint density at radius 1 is 1.47 bits per heavy atom. The molecular weight excluding hydrogens is 285 g/mol. The van der Waals surface area contributed by atoms with Gasteiger partial charge < -0.3 is 10.0 Å². The summed E-state index contributed by atoms with van der Waals surface area (Å²) in [4.78, 5) is 13.6. The number of hydrogen-bond acceptors (Lipinski definition) is 2. The van der Waals surface area contributed by atoms with Gasteiger partial charge in [-0.3, -0.25) is 4.79 Å². The fourth-order valence-electron chi connectivity index (χ4n) is 2.05. The average Bonchev–Trinajstić information content (AvgIpc) is 2.71. The number of β-amino-alcohol motifs (C(OH)–C–C–N with tert-alkyl or cyclic N) is 1. The number of nitrogens with zero attached hydrogens (tertiary/aromatic N) is 1. The van der Waals surface area contributed by atoms with Gasteiger partial charge in [0.15, 0.2) is 0 Å². The van der Waals surface area contributed by atoms with Crippen LogP contribution < -0.4 is 0 Å². The molecule has 3 nitrogen and oxygen atoms in total. The molecule has 1 fully saturated rings. The van der Waals surface area contributed by atoms with Gasteiger partial charge in [0.2, 0.25) is 5.91 Å². The van der Waals surface area contributed by atoms with Crippen LogP contribution in [-0.4, -0.2) is 34.6 Å². The van der Waals surface area contributed by atoms with Crippen LogP contribution >= 0.6 is 23.2 Å². The third-order valence-corrected chi connectivity index (χ3v) is 3.98. The summed E-state index contributed by atoms with van der Waals surface area (Å²) in [6, 6.07) is 5.26. The largest absolute Gasteiger partial charge is 0.388 e. The van der Waals surface area contributed by atoms with E-state index in [9.17, 15) is 9.90 Å². The van der Waals surface area contributed by atoms with E-state index in [1.54, 1.807) is 36.1 Å². The summed E-state index contributed by atoms with van der Waals surface area (Å²) in [6.07, 6.45) is 3.70. The molecule has 1 aromatic rings. The normalized spacial score (nSPS) is 23.3. The lowest BCUT2D eigenvalue weighted by Crippen LogP contribution is -2.32. The zero-order chi connectivity index (χ0) is 14.0. The quantitative estimate of drug-likeness (QED) is 0.853. The van der Waals surface area contributed by atoms with Crippen LogP contribution in [0.15, 0.2) is 24.3 Å². The first kappa shape index (κ1) is 14.4. The molecule has 1 aliphatic rings. The third kappa shape index (κ3) is 3.50. The van der Waals surface area contributed by atoms with Gasteiger partial charge in [0, 0.05) is 19.2 Å². The van der Waals surface area contributed by atoms with Gasteiger partial charge in [-0.25, -0.2) is 0 Å². The van der Waals surface area contributed by atoms with Crippen molar-refractivity contribution in [2.24, 2.45) is 0 Å². The molecule has 1 saturated heterocycles. The molecule has 1 N–H and O–H groups in total. The maximum atomic E-state index is 12.0. The highest BCUT2D eigenvalue weighted by Crippen LogP contribution is 2.26. The molecule has 1 atom stereocenters. The van der Waals surface area contributed by atoms with Crippen molar-refractivity contribution in [3.05, 3.63) is 39.9 Å². The van der Waals surface area contributed by atoms with Crippen molar-refractivity contribution >= 4 is 35.2 Å². The number of carbonyl (C=O) groups is 1. The Balaban J connectivity index is 2.07. The van der Waals surface area contributed by atoms with Crippen LogP contribution in [0.4, 0.5) is 0 Å². The highest BCUT2D eigenvalue weighted by molar-refractivity contribution is 6.42. The summed E-state index contributed by atoms with van der Waals surface area (Å²) in [6.45, 7) is 2.66. The lowest BCUT2D eigenvalue weighted by atomic mass is 10.1. The van der Waals surface area contributed by atoms with E-state index in [1.165, 1.54) is 6.08 Å². The maximum absolute atomic E-state index is 12.0. The molecule has 1 aromatic carbocycles. The molecule has 102 valence electrons. The van der Waals surface area contributed by atoms with Crippen LogP contribution in [0.3, 0.4) is 0 Å². The number of benzene rings is 1. The molecule has 5 heteroatoms. The van der Waals surface area contributed by atoms with Crippen LogP contribution in [0.5, 0.6) is 0 Å². The first-order valence-corrected chi connectivity index (χ1v) is 6.78. The Labute approximate surface area is 122 Å². The molecule has 0 aromatic heterocycles. The van der Waals surface area contributed by atoms with Crippen LogP contribution in [0.25, 0.3) is 6.08 Å². The van der Waals surface area contributed by atoms with Crippen molar-refractivity contribution in [1.82, 2.24) is 4.90 Å². The van der Waals surface area contributed by atoms with Crippen molar-refractivity contribution in [1.29, 1.82) is 0 Å². The minimum atomic E-state index is -0.781. The lowest BCUT2D eigenvalue weighted by molar-refractivity contribution is -0.125. The SMILES string of the molecule is CC1(O)CCN(C(=O)/C=C/c2cccc(Cl)c2Cl)C1. The highest BCUT2D eigenvalue weighted by Gasteiger charge is 2.32. The van der Waals surface area contributed by atoms with E-state index in [2.05, 4.69) is 0 Å². The minimum Gasteiger partial charge on any atom is -0.388 e. The summed E-state index contributed by atoms with van der Waals surface area (Å²) in [7, 11) is 0. The van der Waals surface area contributed by atoms with Gasteiger partial charge in [0.25, 0.3) is 0 Å². The van der Waals surface area contributed by atoms with Crippen molar-refractivity contribution < 1.29 is 9.90 Å². The van der Waals surface area contributed by atoms with Gasteiger partial charge in [-0.15, -0.1) is 0 Å². The molecule has 1 unspecified atom stereocenters. The van der Waals surface area contributed by atoms with Crippen LogP contribution in [0, 0.1) is 0 Å². The van der Waals surface area contributed by atoms with E-state index >= 15 is 0 Å². The van der Waals surface area contributed by atoms with E-state index in [1.807, 2.05) is 0 Å². The fourth-order valence-corrected chi connectivity index (χ4v) is 2.42. The standard InChI is InChI=1S/C14H15Cl2NO2/c1-14(19)7-8-17(9-14)12(18)6-5-10-3-2-4-11(15)13(10)16/h2-6,19H,7-9H2,1H3/b6-5+. The zero-order valence-electron chi connectivity index (χ0n) is 10.6. The summed E-state index contributed by atoms with van der Waals surface area (Å²) in [5.74, 6) is -0.131.